The summed E-state index contributed by atoms with van der Waals surface area (Å²) < 4.78 is 11.6. The minimum Gasteiger partial charge on any atom is -0.462 e. The fourth-order valence-corrected chi connectivity index (χ4v) is 5.18. The van der Waals surface area contributed by atoms with E-state index in [-0.39, 0.29) is 0 Å². The predicted octanol–water partition coefficient (Wildman–Crippen LogP) is 2.96. The minimum atomic E-state index is -0.436. The number of thiophene rings is 1. The Morgan fingerprint density at radius 1 is 1.14 bits per heavy atom. The van der Waals surface area contributed by atoms with Crippen LogP contribution in [-0.4, -0.2) is 65.9 Å². The topological polar surface area (TPSA) is 146 Å². The molecule has 4 N–H and O–H groups in total. The number of fused-ring (bicyclic) bond motifs is 1. The lowest BCUT2D eigenvalue weighted by Gasteiger charge is -2.28. The quantitative estimate of drug-likeness (QED) is 0.274. The molecule has 0 radical (unpaired) electrons. The van der Waals surface area contributed by atoms with Gasteiger partial charge in [-0.15, -0.1) is 11.3 Å². The number of anilines is 4. The van der Waals surface area contributed by atoms with Gasteiger partial charge in [0.2, 0.25) is 5.95 Å². The highest BCUT2D eigenvalue weighted by atomic mass is 32.1. The Labute approximate surface area is 218 Å². The van der Waals surface area contributed by atoms with Gasteiger partial charge in [-0.25, -0.2) is 24.7 Å². The highest BCUT2D eigenvalue weighted by Gasteiger charge is 2.21. The molecule has 1 aliphatic rings. The summed E-state index contributed by atoms with van der Waals surface area (Å²) in [7, 11) is 1.90. The molecule has 0 aliphatic carbocycles. The number of morpholine rings is 1. The van der Waals surface area contributed by atoms with E-state index in [0.717, 1.165) is 39.6 Å². The van der Waals surface area contributed by atoms with Crippen LogP contribution in [0.4, 0.5) is 23.1 Å². The lowest BCUT2D eigenvalue weighted by Crippen LogP contribution is -2.36. The van der Waals surface area contributed by atoms with Crippen molar-refractivity contribution >= 4 is 50.7 Å². The highest BCUT2D eigenvalue weighted by Crippen LogP contribution is 2.35. The van der Waals surface area contributed by atoms with Gasteiger partial charge in [-0.1, -0.05) is 0 Å². The third-order valence-corrected chi connectivity index (χ3v) is 7.05. The third kappa shape index (κ3) is 5.25. The van der Waals surface area contributed by atoms with Crippen molar-refractivity contribution < 1.29 is 14.3 Å². The Balaban J connectivity index is 1.46. The van der Waals surface area contributed by atoms with Gasteiger partial charge in [0.05, 0.1) is 53.5 Å². The van der Waals surface area contributed by atoms with E-state index in [1.165, 1.54) is 12.4 Å². The maximum Gasteiger partial charge on any atom is 0.341 e. The number of nitrogens with zero attached hydrogens (tertiary/aromatic N) is 6. The average Bonchev–Trinajstić information content (AvgIpc) is 3.32. The van der Waals surface area contributed by atoms with E-state index < -0.39 is 5.97 Å². The summed E-state index contributed by atoms with van der Waals surface area (Å²) in [5.41, 5.74) is 15.0. The first kappa shape index (κ1) is 24.7. The molecular formula is C25H28N8O3S. The molecule has 0 unspecified atom stereocenters. The number of ether oxygens (including phenoxy) is 2. The molecule has 0 amide bonds. The number of nitrogen functional groups attached to an aromatic ring is 2. The van der Waals surface area contributed by atoms with E-state index in [1.807, 2.05) is 18.0 Å². The molecule has 37 heavy (non-hydrogen) atoms. The number of rotatable bonds is 7. The third-order valence-electron chi connectivity index (χ3n) is 5.94. The Bertz CT molecular complexity index is 1420. The first-order valence-electron chi connectivity index (χ1n) is 11.9. The van der Waals surface area contributed by atoms with Crippen LogP contribution in [0.2, 0.25) is 0 Å². The Kier molecular flexibility index (Phi) is 7.01. The van der Waals surface area contributed by atoms with Crippen LogP contribution in [0.1, 0.15) is 22.2 Å². The van der Waals surface area contributed by atoms with Crippen LogP contribution in [0.5, 0.6) is 0 Å². The molecule has 0 bridgehead atoms. The molecule has 1 aromatic carbocycles. The number of benzene rings is 1. The van der Waals surface area contributed by atoms with Crippen LogP contribution < -0.4 is 21.3 Å². The van der Waals surface area contributed by atoms with Crippen molar-refractivity contribution in [3.8, 4) is 11.4 Å². The van der Waals surface area contributed by atoms with Gasteiger partial charge in [0.25, 0.3) is 0 Å². The van der Waals surface area contributed by atoms with Gasteiger partial charge in [0.1, 0.15) is 0 Å². The Hall–Kier alpha value is -4.03. The van der Waals surface area contributed by atoms with Crippen LogP contribution >= 0.6 is 11.3 Å². The van der Waals surface area contributed by atoms with E-state index in [9.17, 15) is 4.79 Å². The molecule has 1 saturated heterocycles. The highest BCUT2D eigenvalue weighted by molar-refractivity contribution is 7.19. The van der Waals surface area contributed by atoms with Crippen molar-refractivity contribution in [1.82, 2.24) is 19.9 Å². The number of carbonyl (C=O) groups is 1. The van der Waals surface area contributed by atoms with E-state index in [0.29, 0.717) is 55.1 Å². The second-order valence-electron chi connectivity index (χ2n) is 8.59. The van der Waals surface area contributed by atoms with Crippen molar-refractivity contribution in [2.24, 2.45) is 0 Å². The molecule has 1 aliphatic heterocycles. The molecule has 4 aromatic rings. The fourth-order valence-electron chi connectivity index (χ4n) is 4.02. The van der Waals surface area contributed by atoms with Crippen LogP contribution in [0.15, 0.2) is 36.7 Å². The molecule has 192 valence electrons. The molecule has 4 heterocycles. The largest absolute Gasteiger partial charge is 0.462 e. The fraction of sp³-hybridized carbons (Fsp3) is 0.320. The van der Waals surface area contributed by atoms with E-state index in [4.69, 9.17) is 30.9 Å². The molecule has 3 aromatic heterocycles. The molecular weight excluding hydrogens is 492 g/mol. The number of carbonyl (C=O) groups excluding carboxylic acids is 1. The van der Waals surface area contributed by atoms with Gasteiger partial charge in [-0.2, -0.15) is 0 Å². The lowest BCUT2D eigenvalue weighted by atomic mass is 10.1. The van der Waals surface area contributed by atoms with Crippen molar-refractivity contribution in [2.75, 3.05) is 61.2 Å². The molecule has 0 spiro atoms. The number of esters is 1. The average molecular weight is 521 g/mol. The summed E-state index contributed by atoms with van der Waals surface area (Å²) in [4.78, 5) is 35.6. The summed E-state index contributed by atoms with van der Waals surface area (Å²) in [6.07, 6.45) is 2.96. The summed E-state index contributed by atoms with van der Waals surface area (Å²) in [6, 6.07) is 7.53. The second kappa shape index (κ2) is 10.5. The summed E-state index contributed by atoms with van der Waals surface area (Å²) in [6.45, 7) is 5.43. The van der Waals surface area contributed by atoms with Crippen molar-refractivity contribution in [1.29, 1.82) is 0 Å². The zero-order valence-electron chi connectivity index (χ0n) is 20.7. The number of hydrogen-bond acceptors (Lipinski definition) is 12. The second-order valence-corrected chi connectivity index (χ2v) is 9.73. The first-order valence-corrected chi connectivity index (χ1v) is 12.7. The molecule has 12 heteroatoms. The van der Waals surface area contributed by atoms with Gasteiger partial charge in [-0.3, -0.25) is 0 Å². The van der Waals surface area contributed by atoms with Gasteiger partial charge in [-0.05, 0) is 31.2 Å². The van der Waals surface area contributed by atoms with E-state index in [1.54, 1.807) is 30.4 Å². The number of hydrogen-bond donors (Lipinski definition) is 2. The zero-order valence-corrected chi connectivity index (χ0v) is 21.5. The molecule has 11 nitrogen and oxygen atoms in total. The van der Waals surface area contributed by atoms with Crippen LogP contribution in [0.25, 0.3) is 21.6 Å². The normalized spacial score (nSPS) is 13.6. The van der Waals surface area contributed by atoms with E-state index in [2.05, 4.69) is 20.9 Å². The molecule has 1 fully saturated rings. The van der Waals surface area contributed by atoms with Gasteiger partial charge >= 0.3 is 5.97 Å². The maximum atomic E-state index is 11.9. The SMILES string of the molecule is CCOC(=O)c1cnc(N(C)Cc2cc3nc(-c4ccc(N)c(N)c4)nc(N4CCOCC4)c3s2)nc1. The van der Waals surface area contributed by atoms with Crippen LogP contribution in [-0.2, 0) is 16.0 Å². The monoisotopic (exact) mass is 520 g/mol. The van der Waals surface area contributed by atoms with Crippen LogP contribution in [0.3, 0.4) is 0 Å². The predicted molar refractivity (Wildman–Crippen MR) is 145 cm³/mol. The maximum absolute atomic E-state index is 11.9. The Morgan fingerprint density at radius 3 is 2.59 bits per heavy atom. The van der Waals surface area contributed by atoms with Crippen molar-refractivity contribution in [3.63, 3.8) is 0 Å². The molecule has 0 atom stereocenters. The van der Waals surface area contributed by atoms with Gasteiger partial charge < -0.3 is 30.7 Å². The minimum absolute atomic E-state index is 0.301. The summed E-state index contributed by atoms with van der Waals surface area (Å²) in [5.74, 6) is 1.54. The summed E-state index contributed by atoms with van der Waals surface area (Å²) in [5, 5.41) is 0. The van der Waals surface area contributed by atoms with Crippen LogP contribution in [0, 0.1) is 0 Å². The first-order chi connectivity index (χ1) is 17.9. The van der Waals surface area contributed by atoms with Gasteiger partial charge in [0, 0.05) is 43.0 Å². The van der Waals surface area contributed by atoms with Gasteiger partial charge in [0.15, 0.2) is 11.6 Å². The zero-order chi connectivity index (χ0) is 25.9. The standard InChI is InChI=1S/C25H28N8O3S/c1-3-36-24(34)16-12-28-25(29-13-16)32(2)14-17-11-20-21(37-17)23(33-6-8-35-9-7-33)31-22(30-20)15-4-5-18(26)19(27)10-15/h4-5,10-13H,3,6-9,14,26-27H2,1-2H3. The number of nitrogens with two attached hydrogens (primary N) is 2. The van der Waals surface area contributed by atoms with Crippen molar-refractivity contribution in [3.05, 3.63) is 47.1 Å². The molecule has 5 rings (SSSR count). The Morgan fingerprint density at radius 2 is 1.89 bits per heavy atom. The summed E-state index contributed by atoms with van der Waals surface area (Å²) >= 11 is 1.64. The smallest absolute Gasteiger partial charge is 0.341 e. The van der Waals surface area contributed by atoms with Crippen molar-refractivity contribution in [2.45, 2.75) is 13.5 Å². The molecule has 0 saturated carbocycles. The number of aromatic nitrogens is 4. The van der Waals surface area contributed by atoms with E-state index >= 15 is 0 Å². The lowest BCUT2D eigenvalue weighted by molar-refractivity contribution is 0.0525.